The lowest BCUT2D eigenvalue weighted by Gasteiger charge is -2.20. The summed E-state index contributed by atoms with van der Waals surface area (Å²) in [6.07, 6.45) is 88.4. The molecule has 0 saturated heterocycles. The van der Waals surface area contributed by atoms with Crippen LogP contribution in [0.3, 0.4) is 0 Å². The van der Waals surface area contributed by atoms with Crippen LogP contribution in [-0.2, 0) is 14.3 Å². The van der Waals surface area contributed by atoms with Gasteiger partial charge in [0.2, 0.25) is 5.91 Å². The Bertz CT molecular complexity index is 1250. The van der Waals surface area contributed by atoms with Crippen molar-refractivity contribution in [2.24, 2.45) is 0 Å². The number of carbonyl (C=O) groups is 2. The van der Waals surface area contributed by atoms with Crippen LogP contribution in [-0.4, -0.2) is 47.4 Å². The Labute approximate surface area is 501 Å². The third-order valence-electron chi connectivity index (χ3n) is 17.2. The molecular formula is C74H143NO5. The second-order valence-corrected chi connectivity index (χ2v) is 25.3. The van der Waals surface area contributed by atoms with Gasteiger partial charge in [-0.3, -0.25) is 9.59 Å². The maximum Gasteiger partial charge on any atom is 0.305 e. The quantitative estimate of drug-likeness (QED) is 0.0320. The molecule has 0 radical (unpaired) electrons. The highest BCUT2D eigenvalue weighted by molar-refractivity contribution is 5.76. The number of rotatable bonds is 69. The first kappa shape index (κ1) is 78.3. The van der Waals surface area contributed by atoms with Crippen LogP contribution in [0.25, 0.3) is 0 Å². The van der Waals surface area contributed by atoms with E-state index in [1.165, 1.54) is 340 Å². The molecule has 0 heterocycles. The Kier molecular flexibility index (Phi) is 68.4. The molecular weight excluding hydrogens is 983 g/mol. The van der Waals surface area contributed by atoms with Gasteiger partial charge in [0.05, 0.1) is 25.4 Å². The maximum absolute atomic E-state index is 12.5. The van der Waals surface area contributed by atoms with E-state index >= 15 is 0 Å². The van der Waals surface area contributed by atoms with Gasteiger partial charge in [-0.05, 0) is 57.8 Å². The zero-order chi connectivity index (χ0) is 57.8. The molecule has 0 bridgehead atoms. The number of unbranched alkanes of at least 4 members (excludes halogenated alkanes) is 56. The zero-order valence-corrected chi connectivity index (χ0v) is 54.3. The summed E-state index contributed by atoms with van der Waals surface area (Å²) in [6, 6.07) is -0.625. The van der Waals surface area contributed by atoms with Crippen molar-refractivity contribution >= 4 is 11.9 Å². The number of ether oxygens (including phenoxy) is 1. The summed E-state index contributed by atoms with van der Waals surface area (Å²) in [5, 5.41) is 23.2. The molecule has 0 aliphatic heterocycles. The van der Waals surface area contributed by atoms with Crippen LogP contribution in [0.5, 0.6) is 0 Å². The number of allylic oxidation sites excluding steroid dienone is 3. The number of hydrogen-bond acceptors (Lipinski definition) is 5. The minimum absolute atomic E-state index is 0.0164. The zero-order valence-electron chi connectivity index (χ0n) is 54.3. The molecule has 0 aromatic heterocycles. The first-order valence-corrected chi connectivity index (χ1v) is 36.6. The van der Waals surface area contributed by atoms with Gasteiger partial charge in [0.1, 0.15) is 0 Å². The molecule has 2 atom stereocenters. The molecule has 0 saturated carbocycles. The second kappa shape index (κ2) is 69.8. The first-order chi connectivity index (χ1) is 39.5. The van der Waals surface area contributed by atoms with E-state index in [-0.39, 0.29) is 18.5 Å². The molecule has 3 N–H and O–H groups in total. The summed E-state index contributed by atoms with van der Waals surface area (Å²) in [5.74, 6) is -0.0451. The summed E-state index contributed by atoms with van der Waals surface area (Å²) < 4.78 is 5.51. The van der Waals surface area contributed by atoms with E-state index in [9.17, 15) is 19.8 Å². The van der Waals surface area contributed by atoms with Gasteiger partial charge in [0.25, 0.3) is 0 Å². The van der Waals surface area contributed by atoms with E-state index < -0.39 is 12.1 Å². The number of hydrogen-bond donors (Lipinski definition) is 3. The highest BCUT2D eigenvalue weighted by Crippen LogP contribution is 2.19. The molecule has 80 heavy (non-hydrogen) atoms. The Balaban J connectivity index is 3.35. The average Bonchev–Trinajstić information content (AvgIpc) is 3.46. The van der Waals surface area contributed by atoms with Crippen molar-refractivity contribution in [3.05, 3.63) is 24.3 Å². The van der Waals surface area contributed by atoms with E-state index in [1.807, 2.05) is 6.08 Å². The largest absolute Gasteiger partial charge is 0.466 e. The lowest BCUT2D eigenvalue weighted by molar-refractivity contribution is -0.143. The molecule has 0 spiro atoms. The molecule has 0 aromatic carbocycles. The topological polar surface area (TPSA) is 95.9 Å². The first-order valence-electron chi connectivity index (χ1n) is 36.6. The molecule has 0 aliphatic rings. The lowest BCUT2D eigenvalue weighted by atomic mass is 10.0. The van der Waals surface area contributed by atoms with E-state index in [1.54, 1.807) is 6.08 Å². The van der Waals surface area contributed by atoms with Crippen molar-refractivity contribution in [3.8, 4) is 0 Å². The van der Waals surface area contributed by atoms with Crippen molar-refractivity contribution in [2.45, 2.75) is 424 Å². The number of esters is 1. The molecule has 6 heteroatoms. The third kappa shape index (κ3) is 65.5. The van der Waals surface area contributed by atoms with Gasteiger partial charge >= 0.3 is 5.97 Å². The summed E-state index contributed by atoms with van der Waals surface area (Å²) in [6.45, 7) is 4.94. The van der Waals surface area contributed by atoms with Crippen LogP contribution >= 0.6 is 0 Å². The minimum atomic E-state index is -0.842. The average molecular weight is 1130 g/mol. The highest BCUT2D eigenvalue weighted by Gasteiger charge is 2.18. The van der Waals surface area contributed by atoms with Crippen molar-refractivity contribution in [1.82, 2.24) is 5.32 Å². The Morgan fingerprint density at radius 1 is 0.338 bits per heavy atom. The van der Waals surface area contributed by atoms with Crippen LogP contribution in [0, 0.1) is 0 Å². The predicted octanol–water partition coefficient (Wildman–Crippen LogP) is 23.7. The van der Waals surface area contributed by atoms with E-state index in [0.717, 1.165) is 44.9 Å². The molecule has 6 nitrogen and oxygen atoms in total. The van der Waals surface area contributed by atoms with Crippen molar-refractivity contribution in [3.63, 3.8) is 0 Å². The summed E-state index contributed by atoms with van der Waals surface area (Å²) in [5.41, 5.74) is 0. The minimum Gasteiger partial charge on any atom is -0.466 e. The van der Waals surface area contributed by atoms with Gasteiger partial charge in [0.15, 0.2) is 0 Å². The molecule has 2 unspecified atom stereocenters. The summed E-state index contributed by atoms with van der Waals surface area (Å²) >= 11 is 0. The SMILES string of the molecule is CCCCCCCCC/C=C\CCCCCCCCCC(=O)OCCCCCCCCCCCCCCCCCCCCCCCCCCCCCCC(=O)NC(CO)C(O)/C=C/CCCCCCCCCCCCCCCCC. The van der Waals surface area contributed by atoms with Crippen LogP contribution in [0.2, 0.25) is 0 Å². The fourth-order valence-corrected chi connectivity index (χ4v) is 11.6. The van der Waals surface area contributed by atoms with Crippen molar-refractivity contribution in [2.75, 3.05) is 13.2 Å². The van der Waals surface area contributed by atoms with Crippen LogP contribution < -0.4 is 5.32 Å². The molecule has 0 aliphatic carbocycles. The van der Waals surface area contributed by atoms with E-state index in [0.29, 0.717) is 19.4 Å². The van der Waals surface area contributed by atoms with Crippen LogP contribution in [0.4, 0.5) is 0 Å². The van der Waals surface area contributed by atoms with Gasteiger partial charge in [-0.15, -0.1) is 0 Å². The lowest BCUT2D eigenvalue weighted by Crippen LogP contribution is -2.45. The number of amides is 1. The smallest absolute Gasteiger partial charge is 0.305 e. The summed E-state index contributed by atoms with van der Waals surface area (Å²) in [4.78, 5) is 24.6. The number of aliphatic hydroxyl groups is 2. The molecule has 474 valence electrons. The Morgan fingerprint density at radius 2 is 0.588 bits per heavy atom. The van der Waals surface area contributed by atoms with E-state index in [2.05, 4.69) is 31.3 Å². The highest BCUT2D eigenvalue weighted by atomic mass is 16.5. The van der Waals surface area contributed by atoms with E-state index in [4.69, 9.17) is 4.74 Å². The number of aliphatic hydroxyl groups excluding tert-OH is 2. The molecule has 1 amide bonds. The normalized spacial score (nSPS) is 12.6. The number of carbonyl (C=O) groups excluding carboxylic acids is 2. The Hall–Kier alpha value is -1.66. The Morgan fingerprint density at radius 3 is 0.887 bits per heavy atom. The van der Waals surface area contributed by atoms with Crippen molar-refractivity contribution in [1.29, 1.82) is 0 Å². The van der Waals surface area contributed by atoms with Gasteiger partial charge in [-0.1, -0.05) is 366 Å². The fraction of sp³-hybridized carbons (Fsp3) is 0.919. The fourth-order valence-electron chi connectivity index (χ4n) is 11.6. The van der Waals surface area contributed by atoms with Gasteiger partial charge in [0, 0.05) is 12.8 Å². The van der Waals surface area contributed by atoms with Crippen LogP contribution in [0.1, 0.15) is 412 Å². The maximum atomic E-state index is 12.5. The van der Waals surface area contributed by atoms with Gasteiger partial charge in [-0.2, -0.15) is 0 Å². The molecule has 0 fully saturated rings. The standard InChI is InChI=1S/C74H143NO5/c1-3-5-7-9-11-13-15-17-19-21-36-40-44-48-52-56-60-64-68-74(79)80-69-65-61-57-53-49-45-41-37-33-31-29-27-25-23-22-24-26-28-30-32-35-39-43-47-51-55-59-63-67-73(78)75-71(70-76)72(77)66-62-58-54-50-46-42-38-34-20-18-16-14-12-10-8-6-4-2/h19,21,62,66,71-72,76-77H,3-18,20,22-61,63-65,67-70H2,1-2H3,(H,75,78)/b21-19-,66-62+. The second-order valence-electron chi connectivity index (χ2n) is 25.3. The van der Waals surface area contributed by atoms with Crippen molar-refractivity contribution < 1.29 is 24.5 Å². The van der Waals surface area contributed by atoms with Gasteiger partial charge < -0.3 is 20.3 Å². The van der Waals surface area contributed by atoms with Gasteiger partial charge in [-0.25, -0.2) is 0 Å². The number of nitrogens with one attached hydrogen (secondary N) is 1. The molecule has 0 rings (SSSR count). The molecule has 0 aromatic rings. The summed E-state index contributed by atoms with van der Waals surface area (Å²) in [7, 11) is 0. The third-order valence-corrected chi connectivity index (χ3v) is 17.2. The predicted molar refractivity (Wildman–Crippen MR) is 352 cm³/mol. The monoisotopic (exact) mass is 1130 g/mol. The van der Waals surface area contributed by atoms with Crippen LogP contribution in [0.15, 0.2) is 24.3 Å².